The van der Waals surface area contributed by atoms with E-state index in [0.717, 1.165) is 45.4 Å². The normalized spacial score (nSPS) is 24.1. The largest absolute Gasteiger partial charge is 0.396 e. The fourth-order valence-corrected chi connectivity index (χ4v) is 3.30. The highest BCUT2D eigenvalue weighted by atomic mass is 16.3. The van der Waals surface area contributed by atoms with Crippen molar-refractivity contribution in [2.75, 3.05) is 45.9 Å². The van der Waals surface area contributed by atoms with Crippen LogP contribution in [0.2, 0.25) is 0 Å². The summed E-state index contributed by atoms with van der Waals surface area (Å²) in [7, 11) is 0. The molecule has 1 heterocycles. The molecule has 0 unspecified atom stereocenters. The Hall–Kier alpha value is -0.650. The van der Waals surface area contributed by atoms with E-state index in [-0.39, 0.29) is 17.9 Å². The van der Waals surface area contributed by atoms with E-state index in [0.29, 0.717) is 13.1 Å². The summed E-state index contributed by atoms with van der Waals surface area (Å²) in [5.74, 6) is 0.102. The quantitative estimate of drug-likeness (QED) is 0.681. The molecule has 0 aromatic rings. The summed E-state index contributed by atoms with van der Waals surface area (Å²) in [6.07, 6.45) is 6.79. The number of carbonyl (C=O) groups is 1. The topological polar surface area (TPSA) is 64.6 Å². The van der Waals surface area contributed by atoms with E-state index in [1.807, 2.05) is 0 Å². The second-order valence-corrected chi connectivity index (χ2v) is 6.38. The lowest BCUT2D eigenvalue weighted by molar-refractivity contribution is -0.123. The van der Waals surface area contributed by atoms with E-state index < -0.39 is 0 Å². The summed E-state index contributed by atoms with van der Waals surface area (Å²) in [5.41, 5.74) is -0.0613. The molecule has 1 saturated carbocycles. The van der Waals surface area contributed by atoms with Gasteiger partial charge in [0, 0.05) is 25.0 Å². The van der Waals surface area contributed by atoms with Crippen molar-refractivity contribution >= 4 is 5.91 Å². The van der Waals surface area contributed by atoms with Crippen molar-refractivity contribution in [1.82, 2.24) is 15.5 Å². The SMILES string of the molecule is O=C(CN1CCCNCC1)NCC1(CO)CCCCC1. The van der Waals surface area contributed by atoms with Gasteiger partial charge in [0.2, 0.25) is 5.91 Å². The number of amides is 1. The van der Waals surface area contributed by atoms with E-state index >= 15 is 0 Å². The van der Waals surface area contributed by atoms with Gasteiger partial charge >= 0.3 is 0 Å². The molecule has 1 aliphatic heterocycles. The van der Waals surface area contributed by atoms with Crippen molar-refractivity contribution in [2.24, 2.45) is 5.41 Å². The second-order valence-electron chi connectivity index (χ2n) is 6.38. The number of hydrogen-bond donors (Lipinski definition) is 3. The Kier molecular flexibility index (Phi) is 6.26. The monoisotopic (exact) mass is 283 g/mol. The van der Waals surface area contributed by atoms with Gasteiger partial charge in [-0.3, -0.25) is 9.69 Å². The fourth-order valence-electron chi connectivity index (χ4n) is 3.30. The molecule has 20 heavy (non-hydrogen) atoms. The zero-order valence-electron chi connectivity index (χ0n) is 12.5. The summed E-state index contributed by atoms with van der Waals surface area (Å²) in [5, 5.41) is 16.0. The molecule has 5 heteroatoms. The first-order valence-electron chi connectivity index (χ1n) is 8.05. The number of carbonyl (C=O) groups excluding carboxylic acids is 1. The molecule has 3 N–H and O–H groups in total. The lowest BCUT2D eigenvalue weighted by Gasteiger charge is -2.35. The average molecular weight is 283 g/mol. The Morgan fingerprint density at radius 2 is 1.95 bits per heavy atom. The van der Waals surface area contributed by atoms with Crippen LogP contribution in [0.4, 0.5) is 0 Å². The number of aliphatic hydroxyl groups is 1. The first-order valence-corrected chi connectivity index (χ1v) is 8.05. The smallest absolute Gasteiger partial charge is 0.234 e. The van der Waals surface area contributed by atoms with Crippen molar-refractivity contribution in [3.05, 3.63) is 0 Å². The van der Waals surface area contributed by atoms with Crippen LogP contribution in [0.25, 0.3) is 0 Å². The van der Waals surface area contributed by atoms with Gasteiger partial charge in [-0.25, -0.2) is 0 Å². The molecule has 1 amide bonds. The third-order valence-electron chi connectivity index (χ3n) is 4.71. The average Bonchev–Trinajstić information content (AvgIpc) is 2.75. The summed E-state index contributed by atoms with van der Waals surface area (Å²) < 4.78 is 0. The molecule has 116 valence electrons. The Morgan fingerprint density at radius 3 is 2.70 bits per heavy atom. The molecular formula is C15H29N3O2. The predicted molar refractivity (Wildman–Crippen MR) is 79.5 cm³/mol. The summed E-state index contributed by atoms with van der Waals surface area (Å²) >= 11 is 0. The highest BCUT2D eigenvalue weighted by molar-refractivity contribution is 5.78. The van der Waals surface area contributed by atoms with Crippen molar-refractivity contribution < 1.29 is 9.90 Å². The fraction of sp³-hybridized carbons (Fsp3) is 0.933. The van der Waals surface area contributed by atoms with E-state index in [2.05, 4.69) is 15.5 Å². The molecule has 2 rings (SSSR count). The second kappa shape index (κ2) is 7.96. The molecule has 0 aromatic carbocycles. The third-order valence-corrected chi connectivity index (χ3v) is 4.71. The maximum atomic E-state index is 12.1. The molecule has 1 aliphatic carbocycles. The zero-order valence-corrected chi connectivity index (χ0v) is 12.5. The van der Waals surface area contributed by atoms with E-state index in [9.17, 15) is 9.90 Å². The van der Waals surface area contributed by atoms with Crippen LogP contribution in [0.1, 0.15) is 38.5 Å². The molecule has 2 fully saturated rings. The standard InChI is InChI=1S/C15H29N3O2/c19-13-15(5-2-1-3-6-15)12-17-14(20)11-18-9-4-7-16-8-10-18/h16,19H,1-13H2,(H,17,20). The van der Waals surface area contributed by atoms with Crippen LogP contribution in [0.15, 0.2) is 0 Å². The molecule has 2 aliphatic rings. The van der Waals surface area contributed by atoms with Crippen molar-refractivity contribution in [2.45, 2.75) is 38.5 Å². The highest BCUT2D eigenvalue weighted by Gasteiger charge is 2.31. The van der Waals surface area contributed by atoms with Crippen LogP contribution >= 0.6 is 0 Å². The van der Waals surface area contributed by atoms with Crippen LogP contribution in [0, 0.1) is 5.41 Å². The van der Waals surface area contributed by atoms with Gasteiger partial charge in [-0.2, -0.15) is 0 Å². The van der Waals surface area contributed by atoms with E-state index in [4.69, 9.17) is 0 Å². The lowest BCUT2D eigenvalue weighted by atomic mass is 9.74. The first kappa shape index (κ1) is 15.7. The van der Waals surface area contributed by atoms with Gasteiger partial charge in [0.1, 0.15) is 0 Å². The lowest BCUT2D eigenvalue weighted by Crippen LogP contribution is -2.45. The van der Waals surface area contributed by atoms with Gasteiger partial charge in [-0.1, -0.05) is 19.3 Å². The minimum absolute atomic E-state index is 0.0613. The van der Waals surface area contributed by atoms with Gasteiger partial charge in [-0.05, 0) is 32.4 Å². The van der Waals surface area contributed by atoms with Gasteiger partial charge in [0.05, 0.1) is 13.2 Å². The molecular weight excluding hydrogens is 254 g/mol. The number of rotatable bonds is 5. The van der Waals surface area contributed by atoms with Crippen molar-refractivity contribution in [3.63, 3.8) is 0 Å². The minimum Gasteiger partial charge on any atom is -0.396 e. The van der Waals surface area contributed by atoms with E-state index in [1.165, 1.54) is 19.3 Å². The Labute approximate surface area is 122 Å². The minimum atomic E-state index is -0.0613. The Bertz CT molecular complexity index is 295. The Balaban J connectivity index is 1.73. The number of hydrogen-bond acceptors (Lipinski definition) is 4. The van der Waals surface area contributed by atoms with Crippen LogP contribution in [0.3, 0.4) is 0 Å². The van der Waals surface area contributed by atoms with Gasteiger partial charge in [0.25, 0.3) is 0 Å². The molecule has 0 bridgehead atoms. The van der Waals surface area contributed by atoms with Crippen LogP contribution in [-0.4, -0.2) is 61.8 Å². The van der Waals surface area contributed by atoms with Gasteiger partial charge in [-0.15, -0.1) is 0 Å². The van der Waals surface area contributed by atoms with Crippen LogP contribution < -0.4 is 10.6 Å². The summed E-state index contributed by atoms with van der Waals surface area (Å²) in [6.45, 7) is 5.27. The molecule has 5 nitrogen and oxygen atoms in total. The molecule has 0 spiro atoms. The molecule has 0 aromatic heterocycles. The maximum absolute atomic E-state index is 12.1. The number of nitrogens with one attached hydrogen (secondary N) is 2. The maximum Gasteiger partial charge on any atom is 0.234 e. The van der Waals surface area contributed by atoms with Gasteiger partial charge in [0.15, 0.2) is 0 Å². The summed E-state index contributed by atoms with van der Waals surface area (Å²) in [4.78, 5) is 14.3. The highest BCUT2D eigenvalue weighted by Crippen LogP contribution is 2.35. The molecule has 0 atom stereocenters. The molecule has 0 radical (unpaired) electrons. The van der Waals surface area contributed by atoms with Crippen molar-refractivity contribution in [3.8, 4) is 0 Å². The predicted octanol–water partition coefficient (Wildman–Crippen LogP) is 0.341. The van der Waals surface area contributed by atoms with Gasteiger partial charge < -0.3 is 15.7 Å². The number of nitrogens with zero attached hydrogens (tertiary/aromatic N) is 1. The first-order chi connectivity index (χ1) is 9.74. The number of aliphatic hydroxyl groups excluding tert-OH is 1. The summed E-state index contributed by atoms with van der Waals surface area (Å²) in [6, 6.07) is 0. The van der Waals surface area contributed by atoms with E-state index in [1.54, 1.807) is 0 Å². The third kappa shape index (κ3) is 4.72. The van der Waals surface area contributed by atoms with Crippen molar-refractivity contribution in [1.29, 1.82) is 0 Å². The Morgan fingerprint density at radius 1 is 1.15 bits per heavy atom. The zero-order chi connectivity index (χ0) is 14.3. The molecule has 1 saturated heterocycles. The van der Waals surface area contributed by atoms with Crippen LogP contribution in [0.5, 0.6) is 0 Å². The van der Waals surface area contributed by atoms with Crippen LogP contribution in [-0.2, 0) is 4.79 Å².